The number of rotatable bonds is 5. The maximum atomic E-state index is 6.60. The number of furan rings is 1. The third kappa shape index (κ3) is 4.57. The number of hydrogen-bond acceptors (Lipinski definition) is 5. The molecule has 4 nitrogen and oxygen atoms in total. The minimum absolute atomic E-state index is 0.653. The molecule has 0 aliphatic heterocycles. The number of hydrogen-bond donors (Lipinski definition) is 0. The molecule has 6 aromatic carbocycles. The minimum Gasteiger partial charge on any atom is -0.455 e. The molecule has 216 valence electrons. The fourth-order valence-electron chi connectivity index (χ4n) is 6.15. The van der Waals surface area contributed by atoms with Crippen LogP contribution in [0.15, 0.2) is 156 Å². The van der Waals surface area contributed by atoms with Crippen LogP contribution in [0.25, 0.3) is 87.8 Å². The van der Waals surface area contributed by atoms with Crippen molar-refractivity contribution in [3.63, 3.8) is 0 Å². The first-order valence-corrected chi connectivity index (χ1v) is 16.0. The van der Waals surface area contributed by atoms with Crippen molar-refractivity contribution >= 4 is 43.5 Å². The average molecular weight is 608 g/mol. The van der Waals surface area contributed by atoms with Gasteiger partial charge in [-0.25, -0.2) is 15.0 Å². The Labute approximate surface area is 269 Å². The van der Waals surface area contributed by atoms with Gasteiger partial charge in [0.05, 0.1) is 27.2 Å². The Morgan fingerprint density at radius 1 is 0.478 bits per heavy atom. The third-order valence-electron chi connectivity index (χ3n) is 8.35. The fourth-order valence-corrected chi connectivity index (χ4v) is 7.14. The van der Waals surface area contributed by atoms with E-state index in [-0.39, 0.29) is 0 Å². The summed E-state index contributed by atoms with van der Waals surface area (Å²) in [7, 11) is 0. The van der Waals surface area contributed by atoms with E-state index in [1.54, 1.807) is 11.3 Å². The summed E-state index contributed by atoms with van der Waals surface area (Å²) in [4.78, 5) is 15.3. The molecular weight excluding hydrogens is 583 g/mol. The molecule has 0 saturated heterocycles. The van der Waals surface area contributed by atoms with Crippen molar-refractivity contribution in [2.45, 2.75) is 0 Å². The maximum Gasteiger partial charge on any atom is 0.161 e. The van der Waals surface area contributed by atoms with Crippen molar-refractivity contribution in [3.8, 4) is 55.6 Å². The van der Waals surface area contributed by atoms with Crippen LogP contribution in [0.2, 0.25) is 0 Å². The second-order valence-corrected chi connectivity index (χ2v) is 12.3. The number of fused-ring (bicyclic) bond motifs is 4. The minimum atomic E-state index is 0.653. The van der Waals surface area contributed by atoms with Crippen molar-refractivity contribution < 1.29 is 4.42 Å². The lowest BCUT2D eigenvalue weighted by Crippen LogP contribution is -1.96. The van der Waals surface area contributed by atoms with E-state index in [1.165, 1.54) is 5.56 Å². The molecule has 9 aromatic rings. The molecule has 0 fully saturated rings. The molecule has 5 heteroatoms. The molecule has 0 amide bonds. The lowest BCUT2D eigenvalue weighted by atomic mass is 10.00. The topological polar surface area (TPSA) is 51.8 Å². The van der Waals surface area contributed by atoms with E-state index >= 15 is 0 Å². The van der Waals surface area contributed by atoms with E-state index in [0.29, 0.717) is 5.82 Å². The molecule has 3 heterocycles. The summed E-state index contributed by atoms with van der Waals surface area (Å²) in [5.41, 5.74) is 10.6. The quantitative estimate of drug-likeness (QED) is 0.195. The summed E-state index contributed by atoms with van der Waals surface area (Å²) in [6.45, 7) is 0. The molecule has 0 aliphatic rings. The smallest absolute Gasteiger partial charge is 0.161 e. The molecule has 0 radical (unpaired) electrons. The number of nitrogens with zero attached hydrogens (tertiary/aromatic N) is 3. The molecule has 0 atom stereocenters. The van der Waals surface area contributed by atoms with Crippen LogP contribution in [0.5, 0.6) is 0 Å². The van der Waals surface area contributed by atoms with E-state index in [2.05, 4.69) is 103 Å². The van der Waals surface area contributed by atoms with Gasteiger partial charge in [-0.1, -0.05) is 115 Å². The lowest BCUT2D eigenvalue weighted by Gasteiger charge is -2.11. The standard InChI is InChI=1S/C41H25N3OS/c1-3-12-26(13-4-1)28-16-9-17-29(24-28)35-25-34(27-14-5-2-6-15-27)42-40(43-35)31-19-11-22-36-38(31)30-18-10-20-32(39(30)45-36)41-44-33-21-7-8-23-37(33)46-41/h1-25H. The Bertz CT molecular complexity index is 2500. The van der Waals surface area contributed by atoms with Crippen LogP contribution in [0.4, 0.5) is 0 Å². The first-order chi connectivity index (χ1) is 22.8. The Balaban J connectivity index is 1.25. The highest BCUT2D eigenvalue weighted by Crippen LogP contribution is 2.42. The zero-order chi connectivity index (χ0) is 30.5. The van der Waals surface area contributed by atoms with E-state index in [1.807, 2.05) is 48.5 Å². The van der Waals surface area contributed by atoms with Gasteiger partial charge in [0.1, 0.15) is 16.2 Å². The Hall–Kier alpha value is -5.91. The summed E-state index contributed by atoms with van der Waals surface area (Å²) >= 11 is 1.68. The van der Waals surface area contributed by atoms with Gasteiger partial charge in [0.15, 0.2) is 5.82 Å². The number of para-hydroxylation sites is 2. The molecule has 0 spiro atoms. The summed E-state index contributed by atoms with van der Waals surface area (Å²) in [5.74, 6) is 0.653. The molecule has 0 aliphatic carbocycles. The van der Waals surface area contributed by atoms with Crippen LogP contribution in [0.3, 0.4) is 0 Å². The van der Waals surface area contributed by atoms with Crippen molar-refractivity contribution in [1.82, 2.24) is 15.0 Å². The predicted molar refractivity (Wildman–Crippen MR) is 190 cm³/mol. The average Bonchev–Trinajstić information content (AvgIpc) is 3.74. The molecule has 0 N–H and O–H groups in total. The SMILES string of the molecule is c1ccc(-c2cccc(-c3cc(-c4ccccc4)nc(-c4cccc5oc6c(-c7nc8ccccc8s7)cccc6c45)n3)c2)cc1. The third-order valence-corrected chi connectivity index (χ3v) is 9.42. The number of thiazole rings is 1. The highest BCUT2D eigenvalue weighted by molar-refractivity contribution is 7.21. The van der Waals surface area contributed by atoms with Crippen LogP contribution in [-0.4, -0.2) is 15.0 Å². The second kappa shape index (κ2) is 10.9. The van der Waals surface area contributed by atoms with Crippen LogP contribution in [-0.2, 0) is 0 Å². The van der Waals surface area contributed by atoms with Gasteiger partial charge in [0.2, 0.25) is 0 Å². The molecule has 0 unspecified atom stereocenters. The molecule has 46 heavy (non-hydrogen) atoms. The molecule has 9 rings (SSSR count). The number of aromatic nitrogens is 3. The Kier molecular flexibility index (Phi) is 6.28. The van der Waals surface area contributed by atoms with E-state index < -0.39 is 0 Å². The van der Waals surface area contributed by atoms with Gasteiger partial charge in [0.25, 0.3) is 0 Å². The maximum absolute atomic E-state index is 6.60. The van der Waals surface area contributed by atoms with Gasteiger partial charge in [0, 0.05) is 27.5 Å². The van der Waals surface area contributed by atoms with Gasteiger partial charge in [-0.15, -0.1) is 11.3 Å². The second-order valence-electron chi connectivity index (χ2n) is 11.2. The number of benzene rings is 6. The summed E-state index contributed by atoms with van der Waals surface area (Å²) in [6, 6.07) is 52.0. The van der Waals surface area contributed by atoms with E-state index in [4.69, 9.17) is 19.4 Å². The summed E-state index contributed by atoms with van der Waals surface area (Å²) in [5, 5.41) is 2.95. The van der Waals surface area contributed by atoms with Gasteiger partial charge in [-0.05, 0) is 47.5 Å². The van der Waals surface area contributed by atoms with Crippen molar-refractivity contribution in [1.29, 1.82) is 0 Å². The van der Waals surface area contributed by atoms with Crippen molar-refractivity contribution in [2.75, 3.05) is 0 Å². The first kappa shape index (κ1) is 26.5. The van der Waals surface area contributed by atoms with Gasteiger partial charge >= 0.3 is 0 Å². The molecular formula is C41H25N3OS. The first-order valence-electron chi connectivity index (χ1n) is 15.2. The lowest BCUT2D eigenvalue weighted by molar-refractivity contribution is 0.670. The van der Waals surface area contributed by atoms with E-state index in [9.17, 15) is 0 Å². The van der Waals surface area contributed by atoms with Gasteiger partial charge in [-0.3, -0.25) is 0 Å². The molecule has 3 aromatic heterocycles. The molecule has 0 bridgehead atoms. The van der Waals surface area contributed by atoms with Gasteiger partial charge in [-0.2, -0.15) is 0 Å². The Morgan fingerprint density at radius 3 is 1.96 bits per heavy atom. The highest BCUT2D eigenvalue weighted by Gasteiger charge is 2.20. The molecule has 0 saturated carbocycles. The largest absolute Gasteiger partial charge is 0.455 e. The Morgan fingerprint density at radius 2 is 1.13 bits per heavy atom. The zero-order valence-corrected chi connectivity index (χ0v) is 25.4. The fraction of sp³-hybridized carbons (Fsp3) is 0. The van der Waals surface area contributed by atoms with E-state index in [0.717, 1.165) is 76.4 Å². The van der Waals surface area contributed by atoms with Crippen LogP contribution < -0.4 is 0 Å². The zero-order valence-electron chi connectivity index (χ0n) is 24.6. The predicted octanol–water partition coefficient (Wildman–Crippen LogP) is 11.3. The van der Waals surface area contributed by atoms with Crippen LogP contribution in [0.1, 0.15) is 0 Å². The highest BCUT2D eigenvalue weighted by atomic mass is 32.1. The monoisotopic (exact) mass is 607 g/mol. The normalized spacial score (nSPS) is 11.5. The van der Waals surface area contributed by atoms with Gasteiger partial charge < -0.3 is 4.42 Å². The summed E-state index contributed by atoms with van der Waals surface area (Å²) < 4.78 is 7.76. The van der Waals surface area contributed by atoms with Crippen LogP contribution >= 0.6 is 11.3 Å². The van der Waals surface area contributed by atoms with Crippen molar-refractivity contribution in [2.24, 2.45) is 0 Å². The summed E-state index contributed by atoms with van der Waals surface area (Å²) in [6.07, 6.45) is 0. The van der Waals surface area contributed by atoms with Crippen molar-refractivity contribution in [3.05, 3.63) is 152 Å². The van der Waals surface area contributed by atoms with Crippen LogP contribution in [0, 0.1) is 0 Å².